The van der Waals surface area contributed by atoms with E-state index < -0.39 is 28.6 Å². The summed E-state index contributed by atoms with van der Waals surface area (Å²) in [4.78, 5) is 25.3. The van der Waals surface area contributed by atoms with Gasteiger partial charge in [-0.15, -0.1) is 0 Å². The first kappa shape index (κ1) is 22.4. The van der Waals surface area contributed by atoms with E-state index in [2.05, 4.69) is 0 Å². The van der Waals surface area contributed by atoms with Gasteiger partial charge in [0.25, 0.3) is 5.69 Å². The largest absolute Gasteiger partial charge is 0.466 e. The summed E-state index contributed by atoms with van der Waals surface area (Å²) in [5, 5.41) is 30.2. The monoisotopic (exact) mass is 406 g/mol. The molecule has 0 aliphatic heterocycles. The van der Waals surface area contributed by atoms with Crippen LogP contribution in [-0.4, -0.2) is 31.6 Å². The van der Waals surface area contributed by atoms with Crippen LogP contribution in [-0.2, 0) is 9.53 Å². The SMILES string of the molecule is CCOC(=O)C(c1ccc([N+](=O)[O-])cc1)C(c1ccc(N(C)C)cc1)C(C#N)C#N. The summed E-state index contributed by atoms with van der Waals surface area (Å²) in [6, 6.07) is 16.7. The molecule has 30 heavy (non-hydrogen) atoms. The zero-order valence-electron chi connectivity index (χ0n) is 17.0. The minimum Gasteiger partial charge on any atom is -0.466 e. The van der Waals surface area contributed by atoms with Gasteiger partial charge in [-0.05, 0) is 30.2 Å². The van der Waals surface area contributed by atoms with E-state index in [-0.39, 0.29) is 12.3 Å². The highest BCUT2D eigenvalue weighted by Crippen LogP contribution is 2.40. The number of nitro benzene ring substituents is 1. The number of nitrogens with zero attached hydrogens (tertiary/aromatic N) is 4. The Hall–Kier alpha value is -3.91. The molecule has 154 valence electrons. The Morgan fingerprint density at radius 1 is 1.07 bits per heavy atom. The lowest BCUT2D eigenvalue weighted by Gasteiger charge is -2.27. The van der Waals surface area contributed by atoms with Crippen molar-refractivity contribution >= 4 is 17.3 Å². The van der Waals surface area contributed by atoms with Gasteiger partial charge in [0.2, 0.25) is 0 Å². The fourth-order valence-corrected chi connectivity index (χ4v) is 3.29. The number of hydrogen-bond donors (Lipinski definition) is 0. The Labute approximate surface area is 175 Å². The van der Waals surface area contributed by atoms with Crippen LogP contribution in [0.4, 0.5) is 11.4 Å². The van der Waals surface area contributed by atoms with E-state index in [1.165, 1.54) is 24.3 Å². The Morgan fingerprint density at radius 3 is 2.03 bits per heavy atom. The lowest BCUT2D eigenvalue weighted by molar-refractivity contribution is -0.384. The van der Waals surface area contributed by atoms with E-state index in [0.717, 1.165) is 5.69 Å². The second kappa shape index (κ2) is 10.0. The molecule has 0 radical (unpaired) electrons. The summed E-state index contributed by atoms with van der Waals surface area (Å²) in [6.45, 7) is 1.79. The molecule has 0 saturated carbocycles. The Balaban J connectivity index is 2.63. The number of esters is 1. The summed E-state index contributed by atoms with van der Waals surface area (Å²) in [5.74, 6) is -3.50. The van der Waals surface area contributed by atoms with Crippen molar-refractivity contribution in [2.24, 2.45) is 5.92 Å². The van der Waals surface area contributed by atoms with E-state index in [0.29, 0.717) is 11.1 Å². The van der Waals surface area contributed by atoms with Crippen molar-refractivity contribution in [3.05, 3.63) is 69.8 Å². The third-order valence-corrected chi connectivity index (χ3v) is 4.79. The maximum atomic E-state index is 12.9. The van der Waals surface area contributed by atoms with Crippen LogP contribution in [0.2, 0.25) is 0 Å². The van der Waals surface area contributed by atoms with Crippen LogP contribution < -0.4 is 4.90 Å². The number of benzene rings is 2. The van der Waals surface area contributed by atoms with Crippen molar-refractivity contribution in [3.63, 3.8) is 0 Å². The van der Waals surface area contributed by atoms with Gasteiger partial charge in [-0.2, -0.15) is 10.5 Å². The number of nitro groups is 1. The van der Waals surface area contributed by atoms with Gasteiger partial charge in [0.05, 0.1) is 29.6 Å². The maximum Gasteiger partial charge on any atom is 0.314 e. The molecule has 0 fully saturated rings. The van der Waals surface area contributed by atoms with Gasteiger partial charge in [0, 0.05) is 37.8 Å². The van der Waals surface area contributed by atoms with Gasteiger partial charge in [-0.25, -0.2) is 0 Å². The highest BCUT2D eigenvalue weighted by molar-refractivity contribution is 5.80. The zero-order chi connectivity index (χ0) is 22.3. The molecule has 2 unspecified atom stereocenters. The summed E-state index contributed by atoms with van der Waals surface area (Å²) < 4.78 is 5.24. The standard InChI is InChI=1S/C22H22N4O4/c1-4-30-22(27)21(16-7-11-19(12-8-16)26(28)29)20(17(13-23)14-24)15-5-9-18(10-6-15)25(2)3/h5-12,17,20-21H,4H2,1-3H3. The molecule has 0 aliphatic rings. The molecule has 0 saturated heterocycles. The van der Waals surface area contributed by atoms with E-state index in [9.17, 15) is 25.4 Å². The van der Waals surface area contributed by atoms with Crippen LogP contribution in [0.3, 0.4) is 0 Å². The van der Waals surface area contributed by atoms with Crippen LogP contribution in [0.25, 0.3) is 0 Å². The summed E-state index contributed by atoms with van der Waals surface area (Å²) in [5.41, 5.74) is 1.87. The number of anilines is 1. The molecule has 2 rings (SSSR count). The smallest absolute Gasteiger partial charge is 0.314 e. The van der Waals surface area contributed by atoms with Gasteiger partial charge in [-0.3, -0.25) is 14.9 Å². The highest BCUT2D eigenvalue weighted by atomic mass is 16.6. The highest BCUT2D eigenvalue weighted by Gasteiger charge is 2.38. The first-order valence-corrected chi connectivity index (χ1v) is 9.31. The number of non-ortho nitro benzene ring substituents is 1. The van der Waals surface area contributed by atoms with Gasteiger partial charge in [0.15, 0.2) is 0 Å². The molecule has 0 spiro atoms. The van der Waals surface area contributed by atoms with Crippen LogP contribution in [0.1, 0.15) is 29.9 Å². The number of ether oxygens (including phenoxy) is 1. The normalized spacial score (nSPS) is 12.3. The van der Waals surface area contributed by atoms with E-state index in [4.69, 9.17) is 4.74 Å². The van der Waals surface area contributed by atoms with Crippen LogP contribution in [0.5, 0.6) is 0 Å². The molecule has 0 aromatic heterocycles. The molecule has 0 heterocycles. The summed E-state index contributed by atoms with van der Waals surface area (Å²) in [7, 11) is 3.77. The van der Waals surface area contributed by atoms with Crippen molar-refractivity contribution in [3.8, 4) is 12.1 Å². The molecule has 0 N–H and O–H groups in total. The van der Waals surface area contributed by atoms with Gasteiger partial charge < -0.3 is 9.64 Å². The lowest BCUT2D eigenvalue weighted by atomic mass is 9.74. The van der Waals surface area contributed by atoms with E-state index in [1.54, 1.807) is 19.1 Å². The fourth-order valence-electron chi connectivity index (χ4n) is 3.29. The second-order valence-corrected chi connectivity index (χ2v) is 6.83. The maximum absolute atomic E-state index is 12.9. The van der Waals surface area contributed by atoms with Gasteiger partial charge in [0.1, 0.15) is 5.92 Å². The molecule has 2 aromatic carbocycles. The number of hydrogen-bond acceptors (Lipinski definition) is 7. The Morgan fingerprint density at radius 2 is 1.60 bits per heavy atom. The van der Waals surface area contributed by atoms with Crippen LogP contribution >= 0.6 is 0 Å². The van der Waals surface area contributed by atoms with Crippen LogP contribution in [0, 0.1) is 38.7 Å². The quantitative estimate of drug-likeness (QED) is 0.372. The molecular formula is C22H22N4O4. The third kappa shape index (κ3) is 4.92. The second-order valence-electron chi connectivity index (χ2n) is 6.83. The van der Waals surface area contributed by atoms with Gasteiger partial charge in [-0.1, -0.05) is 24.3 Å². The molecule has 8 heteroatoms. The predicted octanol–water partition coefficient (Wildman–Crippen LogP) is 3.75. The number of nitriles is 2. The van der Waals surface area contributed by atoms with E-state index in [1.807, 2.05) is 43.3 Å². The zero-order valence-corrected chi connectivity index (χ0v) is 17.0. The van der Waals surface area contributed by atoms with Crippen molar-refractivity contribution in [2.75, 3.05) is 25.6 Å². The lowest BCUT2D eigenvalue weighted by Crippen LogP contribution is -2.27. The Bertz CT molecular complexity index is 958. The topological polar surface area (TPSA) is 120 Å². The first-order valence-electron chi connectivity index (χ1n) is 9.31. The predicted molar refractivity (Wildman–Crippen MR) is 111 cm³/mol. The molecule has 0 aliphatic carbocycles. The molecule has 0 bridgehead atoms. The molecule has 0 amide bonds. The average Bonchev–Trinajstić information content (AvgIpc) is 2.74. The average molecular weight is 406 g/mol. The summed E-state index contributed by atoms with van der Waals surface area (Å²) in [6.07, 6.45) is 0. The number of carbonyl (C=O) groups excluding carboxylic acids is 1. The number of rotatable bonds is 8. The molecular weight excluding hydrogens is 384 g/mol. The molecule has 8 nitrogen and oxygen atoms in total. The molecule has 2 atom stereocenters. The van der Waals surface area contributed by atoms with E-state index >= 15 is 0 Å². The molecule has 2 aromatic rings. The van der Waals surface area contributed by atoms with Crippen LogP contribution in [0.15, 0.2) is 48.5 Å². The summed E-state index contributed by atoms with van der Waals surface area (Å²) >= 11 is 0. The van der Waals surface area contributed by atoms with Gasteiger partial charge >= 0.3 is 5.97 Å². The van der Waals surface area contributed by atoms with Crippen molar-refractivity contribution in [2.45, 2.75) is 18.8 Å². The number of carbonyl (C=O) groups is 1. The minimum atomic E-state index is -1.13. The fraction of sp³-hybridized carbons (Fsp3) is 0.318. The van der Waals surface area contributed by atoms with Crippen molar-refractivity contribution < 1.29 is 14.5 Å². The van der Waals surface area contributed by atoms with Crippen molar-refractivity contribution in [1.82, 2.24) is 0 Å². The third-order valence-electron chi connectivity index (χ3n) is 4.79. The van der Waals surface area contributed by atoms with Crippen molar-refractivity contribution in [1.29, 1.82) is 10.5 Å². The first-order chi connectivity index (χ1) is 14.3. The minimum absolute atomic E-state index is 0.120. The Kier molecular flexibility index (Phi) is 7.49.